The molecule has 0 radical (unpaired) electrons. The fourth-order valence-corrected chi connectivity index (χ4v) is 4.93. The van der Waals surface area contributed by atoms with Gasteiger partial charge >= 0.3 is 0 Å². The number of aromatic hydroxyl groups is 1. The lowest BCUT2D eigenvalue weighted by atomic mass is 9.98. The van der Waals surface area contributed by atoms with Crippen molar-refractivity contribution >= 4 is 11.0 Å². The van der Waals surface area contributed by atoms with E-state index in [1.807, 2.05) is 0 Å². The number of benzene rings is 2. The monoisotopic (exact) mass is 608 g/mol. The summed E-state index contributed by atoms with van der Waals surface area (Å²) >= 11 is 0. The maximum atomic E-state index is 13.2. The number of fused-ring (bicyclic) bond motifs is 1. The topological polar surface area (TPSA) is 238 Å². The standard InChI is InChI=1S/C28H32O15/c1-38-12-4-2-11(3-5-12)14-9-39-16-7-13(6-15(30)19(16)20(14)31)41-28-26(37)24(35)22(33)18(43-28)10-40-27-25(36)23(34)21(32)17(8-29)42-27/h2-7,9,17-18,21-30,32-37H,8,10H2,1H3/t17-,18-,21-,22-,23+,24+,25-,26-,27-,28-/m1/s1. The summed E-state index contributed by atoms with van der Waals surface area (Å²) in [5.74, 6) is -0.0254. The van der Waals surface area contributed by atoms with Gasteiger partial charge in [-0.15, -0.1) is 0 Å². The molecular weight excluding hydrogens is 576 g/mol. The number of ether oxygens (including phenoxy) is 5. The van der Waals surface area contributed by atoms with Crippen LogP contribution in [0.2, 0.25) is 0 Å². The Morgan fingerprint density at radius 2 is 1.42 bits per heavy atom. The second kappa shape index (κ2) is 12.7. The predicted molar refractivity (Wildman–Crippen MR) is 143 cm³/mol. The van der Waals surface area contributed by atoms with Crippen LogP contribution in [0.25, 0.3) is 22.1 Å². The van der Waals surface area contributed by atoms with Crippen LogP contribution in [0.15, 0.2) is 51.9 Å². The molecule has 43 heavy (non-hydrogen) atoms. The zero-order chi connectivity index (χ0) is 31.0. The molecular formula is C28H32O15. The highest BCUT2D eigenvalue weighted by Gasteiger charge is 2.48. The minimum atomic E-state index is -1.79. The van der Waals surface area contributed by atoms with Crippen molar-refractivity contribution in [2.75, 3.05) is 20.3 Å². The van der Waals surface area contributed by atoms with Crippen molar-refractivity contribution in [3.63, 3.8) is 0 Å². The third-order valence-electron chi connectivity index (χ3n) is 7.43. The second-order valence-electron chi connectivity index (χ2n) is 10.2. The van der Waals surface area contributed by atoms with Gasteiger partial charge in [-0.1, -0.05) is 12.1 Å². The molecule has 2 fully saturated rings. The highest BCUT2D eigenvalue weighted by atomic mass is 16.7. The Kier molecular flexibility index (Phi) is 9.19. The zero-order valence-corrected chi connectivity index (χ0v) is 22.7. The number of phenolic OH excluding ortho intramolecular Hbond substituents is 1. The van der Waals surface area contributed by atoms with Crippen molar-refractivity contribution in [3.8, 4) is 28.4 Å². The van der Waals surface area contributed by atoms with Crippen LogP contribution < -0.4 is 14.9 Å². The summed E-state index contributed by atoms with van der Waals surface area (Å²) in [6, 6.07) is 9.00. The fourth-order valence-electron chi connectivity index (χ4n) is 4.93. The summed E-state index contributed by atoms with van der Waals surface area (Å²) in [7, 11) is 1.51. The third kappa shape index (κ3) is 6.05. The molecule has 10 atom stereocenters. The van der Waals surface area contributed by atoms with Crippen molar-refractivity contribution in [2.24, 2.45) is 0 Å². The van der Waals surface area contributed by atoms with Crippen LogP contribution in [0.4, 0.5) is 0 Å². The first-order valence-corrected chi connectivity index (χ1v) is 13.3. The Hall–Kier alpha value is -3.35. The van der Waals surface area contributed by atoms with E-state index in [2.05, 4.69) is 0 Å². The van der Waals surface area contributed by atoms with Crippen LogP contribution in [0, 0.1) is 0 Å². The maximum Gasteiger partial charge on any atom is 0.229 e. The molecule has 15 nitrogen and oxygen atoms in total. The van der Waals surface area contributed by atoms with Gasteiger partial charge in [-0.2, -0.15) is 0 Å². The summed E-state index contributed by atoms with van der Waals surface area (Å²) in [5, 5.41) is 81.3. The Morgan fingerprint density at radius 3 is 2.07 bits per heavy atom. The molecule has 3 heterocycles. The third-order valence-corrected chi connectivity index (χ3v) is 7.43. The van der Waals surface area contributed by atoms with Gasteiger partial charge in [0, 0.05) is 12.1 Å². The fraction of sp³-hybridized carbons (Fsp3) is 0.464. The molecule has 5 rings (SSSR count). The molecule has 234 valence electrons. The molecule has 1 aromatic heterocycles. The predicted octanol–water partition coefficient (Wildman–Crippen LogP) is -1.82. The lowest BCUT2D eigenvalue weighted by molar-refractivity contribution is -0.323. The summed E-state index contributed by atoms with van der Waals surface area (Å²) < 4.78 is 32.6. The van der Waals surface area contributed by atoms with Crippen molar-refractivity contribution in [1.82, 2.24) is 0 Å². The first-order chi connectivity index (χ1) is 20.5. The Labute approximate surface area is 243 Å². The molecule has 2 aromatic carbocycles. The van der Waals surface area contributed by atoms with Crippen LogP contribution in [0.5, 0.6) is 17.2 Å². The molecule has 8 N–H and O–H groups in total. The van der Waals surface area contributed by atoms with E-state index >= 15 is 0 Å². The number of aliphatic hydroxyl groups excluding tert-OH is 7. The minimum Gasteiger partial charge on any atom is -0.507 e. The first kappa shape index (κ1) is 31.1. The molecule has 0 spiro atoms. The molecule has 0 unspecified atom stereocenters. The molecule has 0 aliphatic carbocycles. The lowest BCUT2D eigenvalue weighted by Gasteiger charge is -2.42. The molecule has 2 aliphatic rings. The van der Waals surface area contributed by atoms with Gasteiger partial charge in [0.15, 0.2) is 6.29 Å². The van der Waals surface area contributed by atoms with E-state index in [1.54, 1.807) is 24.3 Å². The SMILES string of the molecule is COc1ccc(-c2coc3cc(O[C@@H]4O[C@H](CO[C@@H]5O[C@H](CO)[C@@H](O)[C@H](O)[C@H]5O)[C@@H](O)[C@H](O)[C@H]4O)cc(O)c3c2=O)cc1. The van der Waals surface area contributed by atoms with E-state index < -0.39 is 85.8 Å². The van der Waals surface area contributed by atoms with Crippen molar-refractivity contribution < 1.29 is 69.0 Å². The Morgan fingerprint density at radius 1 is 0.791 bits per heavy atom. The zero-order valence-electron chi connectivity index (χ0n) is 22.7. The van der Waals surface area contributed by atoms with Gasteiger partial charge < -0.3 is 69.0 Å². The first-order valence-electron chi connectivity index (χ1n) is 13.3. The smallest absolute Gasteiger partial charge is 0.229 e. The number of rotatable bonds is 8. The largest absolute Gasteiger partial charge is 0.507 e. The number of aliphatic hydroxyl groups is 7. The van der Waals surface area contributed by atoms with Crippen molar-refractivity contribution in [2.45, 2.75) is 61.4 Å². The summed E-state index contributed by atoms with van der Waals surface area (Å²) in [5.41, 5.74) is 0.142. The summed E-state index contributed by atoms with van der Waals surface area (Å²) in [4.78, 5) is 13.2. The molecule has 0 saturated carbocycles. The van der Waals surface area contributed by atoms with Crippen LogP contribution in [0.3, 0.4) is 0 Å². The van der Waals surface area contributed by atoms with Gasteiger partial charge in [0.1, 0.15) is 83.3 Å². The van der Waals surface area contributed by atoms with Gasteiger partial charge in [0.25, 0.3) is 0 Å². The van der Waals surface area contributed by atoms with E-state index in [9.17, 15) is 45.6 Å². The van der Waals surface area contributed by atoms with Gasteiger partial charge in [-0.3, -0.25) is 4.79 Å². The number of phenols is 1. The quantitative estimate of drug-likeness (QED) is 0.140. The van der Waals surface area contributed by atoms with Crippen LogP contribution in [-0.2, 0) is 14.2 Å². The highest BCUT2D eigenvalue weighted by Crippen LogP contribution is 2.33. The van der Waals surface area contributed by atoms with E-state index in [1.165, 1.54) is 19.4 Å². The van der Waals surface area contributed by atoms with Crippen LogP contribution in [-0.4, -0.2) is 123 Å². The van der Waals surface area contributed by atoms with Gasteiger partial charge in [0.2, 0.25) is 11.7 Å². The minimum absolute atomic E-state index is 0.0503. The average Bonchev–Trinajstić information content (AvgIpc) is 3.00. The number of methoxy groups -OCH3 is 1. The molecule has 2 aliphatic heterocycles. The van der Waals surface area contributed by atoms with Crippen molar-refractivity contribution in [1.29, 1.82) is 0 Å². The van der Waals surface area contributed by atoms with Crippen molar-refractivity contribution in [3.05, 3.63) is 52.9 Å². The summed E-state index contributed by atoms with van der Waals surface area (Å²) in [6.07, 6.45) is -14.8. The molecule has 15 heteroatoms. The van der Waals surface area contributed by atoms with E-state index in [-0.39, 0.29) is 22.3 Å². The molecule has 0 bridgehead atoms. The van der Waals surface area contributed by atoms with Crippen LogP contribution in [0.1, 0.15) is 0 Å². The summed E-state index contributed by atoms with van der Waals surface area (Å²) in [6.45, 7) is -1.24. The van der Waals surface area contributed by atoms with Gasteiger partial charge in [-0.25, -0.2) is 0 Å². The van der Waals surface area contributed by atoms with Gasteiger partial charge in [-0.05, 0) is 17.7 Å². The molecule has 3 aromatic rings. The number of hydrogen-bond acceptors (Lipinski definition) is 15. The highest BCUT2D eigenvalue weighted by molar-refractivity contribution is 5.88. The van der Waals surface area contributed by atoms with Gasteiger partial charge in [0.05, 0.1) is 25.9 Å². The normalized spacial score (nSPS) is 32.9. The Balaban J connectivity index is 1.32. The maximum absolute atomic E-state index is 13.2. The second-order valence-corrected chi connectivity index (χ2v) is 10.2. The number of hydrogen-bond donors (Lipinski definition) is 8. The van der Waals surface area contributed by atoms with Crippen LogP contribution >= 0.6 is 0 Å². The van der Waals surface area contributed by atoms with E-state index in [0.717, 1.165) is 6.07 Å². The van der Waals surface area contributed by atoms with E-state index in [0.29, 0.717) is 11.3 Å². The molecule has 2 saturated heterocycles. The Bertz CT molecular complexity index is 1460. The average molecular weight is 609 g/mol. The molecule has 0 amide bonds. The van der Waals surface area contributed by atoms with E-state index in [4.69, 9.17) is 28.1 Å². The lowest BCUT2D eigenvalue weighted by Crippen LogP contribution is -2.62.